The minimum atomic E-state index is 0.201. The normalized spacial score (nSPS) is 10.5. The van der Waals surface area contributed by atoms with E-state index in [4.69, 9.17) is 0 Å². The number of aryl methyl sites for hydroxylation is 2. The maximum absolute atomic E-state index is 12.0. The number of nitrogens with zero attached hydrogens (tertiary/aromatic N) is 1. The Morgan fingerprint density at radius 2 is 2.06 bits per heavy atom. The number of hydrogen-bond donors (Lipinski definition) is 0. The Labute approximate surface area is 118 Å². The van der Waals surface area contributed by atoms with E-state index in [0.717, 1.165) is 20.0 Å². The van der Waals surface area contributed by atoms with Crippen molar-refractivity contribution in [2.24, 2.45) is 0 Å². The van der Waals surface area contributed by atoms with Crippen LogP contribution in [0.1, 0.15) is 27.3 Å². The van der Waals surface area contributed by atoms with Crippen LogP contribution in [-0.4, -0.2) is 10.8 Å². The van der Waals surface area contributed by atoms with Crippen LogP contribution in [0.25, 0.3) is 0 Å². The number of ketones is 1. The summed E-state index contributed by atoms with van der Waals surface area (Å²) in [6.45, 7) is 1.90. The van der Waals surface area contributed by atoms with Crippen molar-refractivity contribution in [3.05, 3.63) is 49.5 Å². The molecule has 2 nitrogen and oxygen atoms in total. The lowest BCUT2D eigenvalue weighted by Crippen LogP contribution is -2.00. The highest BCUT2D eigenvalue weighted by Gasteiger charge is 2.13. The van der Waals surface area contributed by atoms with Gasteiger partial charge >= 0.3 is 0 Å². The van der Waals surface area contributed by atoms with Crippen molar-refractivity contribution in [1.82, 2.24) is 4.98 Å². The van der Waals surface area contributed by atoms with E-state index in [-0.39, 0.29) is 5.78 Å². The smallest absolute Gasteiger partial charge is 0.175 e. The van der Waals surface area contributed by atoms with Gasteiger partial charge in [-0.3, -0.25) is 4.79 Å². The van der Waals surface area contributed by atoms with Crippen LogP contribution in [0.3, 0.4) is 0 Å². The van der Waals surface area contributed by atoms with E-state index in [1.807, 2.05) is 25.1 Å². The van der Waals surface area contributed by atoms with Crippen LogP contribution < -0.4 is 0 Å². The fourth-order valence-electron chi connectivity index (χ4n) is 1.64. The molecule has 1 aromatic heterocycles. The van der Waals surface area contributed by atoms with Gasteiger partial charge < -0.3 is 0 Å². The lowest BCUT2D eigenvalue weighted by molar-refractivity contribution is 0.0986. The molecule has 0 aliphatic carbocycles. The fraction of sp³-hybridized carbons (Fsp3) is 0.231. The molecule has 88 valence electrons. The van der Waals surface area contributed by atoms with Gasteiger partial charge in [-0.15, -0.1) is 11.3 Å². The monoisotopic (exact) mass is 357 g/mol. The standard InChI is InChI=1S/C13H12INOS/c1-9-12(17-13(14)15-9)11(16)8-7-10-5-3-2-4-6-10/h2-6H,7-8H2,1H3. The summed E-state index contributed by atoms with van der Waals surface area (Å²) in [4.78, 5) is 17.1. The van der Waals surface area contributed by atoms with Gasteiger partial charge in [-0.1, -0.05) is 30.3 Å². The number of aromatic nitrogens is 1. The summed E-state index contributed by atoms with van der Waals surface area (Å²) < 4.78 is 0.933. The molecular formula is C13H12INOS. The molecule has 2 rings (SSSR count). The topological polar surface area (TPSA) is 30.0 Å². The van der Waals surface area contributed by atoms with E-state index in [2.05, 4.69) is 39.7 Å². The summed E-state index contributed by atoms with van der Waals surface area (Å²) in [7, 11) is 0. The summed E-state index contributed by atoms with van der Waals surface area (Å²) in [6.07, 6.45) is 1.36. The summed E-state index contributed by atoms with van der Waals surface area (Å²) in [5, 5.41) is 0. The Bertz CT molecular complexity index is 521. The highest BCUT2D eigenvalue weighted by Crippen LogP contribution is 2.21. The molecule has 2 aromatic rings. The second kappa shape index (κ2) is 5.73. The average Bonchev–Trinajstić information content (AvgIpc) is 2.67. The first-order valence-corrected chi connectivity index (χ1v) is 7.26. The molecule has 0 saturated heterocycles. The molecule has 0 aliphatic rings. The SMILES string of the molecule is Cc1nc(I)sc1C(=O)CCc1ccccc1. The third-order valence-electron chi connectivity index (χ3n) is 2.51. The van der Waals surface area contributed by atoms with Crippen LogP contribution in [0.2, 0.25) is 0 Å². The predicted molar refractivity (Wildman–Crippen MR) is 78.7 cm³/mol. The van der Waals surface area contributed by atoms with Crippen LogP contribution in [0.15, 0.2) is 30.3 Å². The molecule has 17 heavy (non-hydrogen) atoms. The second-order valence-electron chi connectivity index (χ2n) is 3.79. The van der Waals surface area contributed by atoms with Gasteiger partial charge in [0.25, 0.3) is 0 Å². The van der Waals surface area contributed by atoms with Crippen LogP contribution >= 0.6 is 33.9 Å². The maximum atomic E-state index is 12.0. The van der Waals surface area contributed by atoms with Crippen LogP contribution in [-0.2, 0) is 6.42 Å². The largest absolute Gasteiger partial charge is 0.293 e. The van der Waals surface area contributed by atoms with E-state index in [1.165, 1.54) is 16.9 Å². The van der Waals surface area contributed by atoms with E-state index in [1.54, 1.807) is 0 Å². The lowest BCUT2D eigenvalue weighted by Gasteiger charge is -2.00. The third-order valence-corrected chi connectivity index (χ3v) is 4.40. The highest BCUT2D eigenvalue weighted by molar-refractivity contribution is 14.1. The van der Waals surface area contributed by atoms with E-state index in [9.17, 15) is 4.79 Å². The molecule has 0 bridgehead atoms. The number of rotatable bonds is 4. The quantitative estimate of drug-likeness (QED) is 0.614. The Morgan fingerprint density at radius 1 is 1.35 bits per heavy atom. The van der Waals surface area contributed by atoms with Gasteiger partial charge in [-0.05, 0) is 41.5 Å². The number of thiazole rings is 1. The Hall–Kier alpha value is -0.750. The molecule has 0 atom stereocenters. The number of carbonyl (C=O) groups excluding carboxylic acids is 1. The summed E-state index contributed by atoms with van der Waals surface area (Å²) in [6, 6.07) is 10.1. The van der Waals surface area contributed by atoms with Gasteiger partial charge in [0.05, 0.1) is 10.6 Å². The molecule has 0 spiro atoms. The third kappa shape index (κ3) is 3.35. The minimum Gasteiger partial charge on any atom is -0.293 e. The molecule has 0 fully saturated rings. The van der Waals surface area contributed by atoms with Crippen molar-refractivity contribution in [1.29, 1.82) is 0 Å². The van der Waals surface area contributed by atoms with Gasteiger partial charge in [0.2, 0.25) is 0 Å². The summed E-state index contributed by atoms with van der Waals surface area (Å²) in [5.74, 6) is 0.201. The molecule has 0 unspecified atom stereocenters. The minimum absolute atomic E-state index is 0.201. The number of carbonyl (C=O) groups is 1. The van der Waals surface area contributed by atoms with Crippen molar-refractivity contribution in [2.75, 3.05) is 0 Å². The lowest BCUT2D eigenvalue weighted by atomic mass is 10.1. The van der Waals surface area contributed by atoms with Gasteiger partial charge in [-0.25, -0.2) is 4.98 Å². The molecule has 0 saturated carbocycles. The number of benzene rings is 1. The summed E-state index contributed by atoms with van der Waals surface area (Å²) in [5.41, 5.74) is 2.06. The van der Waals surface area contributed by atoms with Crippen LogP contribution in [0.5, 0.6) is 0 Å². The van der Waals surface area contributed by atoms with Gasteiger partial charge in [-0.2, -0.15) is 0 Å². The average molecular weight is 357 g/mol. The number of halogens is 1. The maximum Gasteiger partial charge on any atom is 0.175 e. The van der Waals surface area contributed by atoms with Crippen molar-refractivity contribution in [2.45, 2.75) is 19.8 Å². The van der Waals surface area contributed by atoms with Crippen molar-refractivity contribution < 1.29 is 4.79 Å². The van der Waals surface area contributed by atoms with Crippen molar-refractivity contribution in [3.8, 4) is 0 Å². The number of Topliss-reactive ketones (excluding diaryl/α,β-unsaturated/α-hetero) is 1. The van der Waals surface area contributed by atoms with Crippen molar-refractivity contribution >= 4 is 39.7 Å². The fourth-order valence-corrected chi connectivity index (χ4v) is 3.42. The molecule has 1 heterocycles. The van der Waals surface area contributed by atoms with Gasteiger partial charge in [0.15, 0.2) is 8.80 Å². The molecule has 0 radical (unpaired) electrons. The van der Waals surface area contributed by atoms with Gasteiger partial charge in [0, 0.05) is 6.42 Å². The molecule has 4 heteroatoms. The van der Waals surface area contributed by atoms with E-state index < -0.39 is 0 Å². The molecule has 0 amide bonds. The first-order chi connectivity index (χ1) is 8.16. The van der Waals surface area contributed by atoms with Crippen molar-refractivity contribution in [3.63, 3.8) is 0 Å². The van der Waals surface area contributed by atoms with E-state index in [0.29, 0.717) is 6.42 Å². The first kappa shape index (κ1) is 12.7. The Balaban J connectivity index is 2.01. The van der Waals surface area contributed by atoms with Crippen LogP contribution in [0.4, 0.5) is 0 Å². The zero-order chi connectivity index (χ0) is 12.3. The molecule has 0 N–H and O–H groups in total. The second-order valence-corrected chi connectivity index (χ2v) is 6.54. The zero-order valence-electron chi connectivity index (χ0n) is 9.44. The summed E-state index contributed by atoms with van der Waals surface area (Å²) >= 11 is 3.64. The zero-order valence-corrected chi connectivity index (χ0v) is 12.4. The Morgan fingerprint density at radius 3 is 2.65 bits per heavy atom. The van der Waals surface area contributed by atoms with Gasteiger partial charge in [0.1, 0.15) is 0 Å². The number of hydrogen-bond acceptors (Lipinski definition) is 3. The first-order valence-electron chi connectivity index (χ1n) is 5.37. The molecule has 0 aliphatic heterocycles. The van der Waals surface area contributed by atoms with E-state index >= 15 is 0 Å². The highest BCUT2D eigenvalue weighted by atomic mass is 127. The molecule has 1 aromatic carbocycles. The predicted octanol–water partition coefficient (Wildman–Crippen LogP) is 3.87. The molecular weight excluding hydrogens is 345 g/mol. The Kier molecular flexibility index (Phi) is 4.28. The van der Waals surface area contributed by atoms with Crippen LogP contribution in [0, 0.1) is 9.94 Å².